The van der Waals surface area contributed by atoms with Crippen LogP contribution < -0.4 is 5.32 Å². The third-order valence-electron chi connectivity index (χ3n) is 3.09. The fourth-order valence-electron chi connectivity index (χ4n) is 1.90. The number of carbonyl (C=O) groups is 1. The molecule has 0 aliphatic heterocycles. The molecule has 0 aliphatic carbocycles. The van der Waals surface area contributed by atoms with Gasteiger partial charge in [-0.2, -0.15) is 0 Å². The number of hydrogen-bond acceptors (Lipinski definition) is 5. The van der Waals surface area contributed by atoms with Crippen molar-refractivity contribution in [2.45, 2.75) is 10.6 Å². The van der Waals surface area contributed by atoms with E-state index in [1.165, 1.54) is 28.8 Å². The molecule has 0 atom stereocenters. The summed E-state index contributed by atoms with van der Waals surface area (Å²) < 4.78 is 0. The molecule has 0 saturated heterocycles. The van der Waals surface area contributed by atoms with Gasteiger partial charge >= 0.3 is 0 Å². The first-order chi connectivity index (χ1) is 11.6. The highest BCUT2D eigenvalue weighted by Crippen LogP contribution is 2.17. The number of nitrogens with one attached hydrogen (secondary N) is 1. The van der Waals surface area contributed by atoms with E-state index >= 15 is 0 Å². The maximum atomic E-state index is 11.8. The summed E-state index contributed by atoms with van der Waals surface area (Å²) >= 11 is 3.20. The van der Waals surface area contributed by atoms with E-state index in [9.17, 15) is 14.9 Å². The van der Waals surface area contributed by atoms with Gasteiger partial charge in [-0.05, 0) is 17.7 Å². The van der Waals surface area contributed by atoms with Crippen LogP contribution in [-0.2, 0) is 10.5 Å². The molecule has 2 aromatic carbocycles. The number of nitrogens with zero attached hydrogens (tertiary/aromatic N) is 1. The SMILES string of the molecule is O=C(CSCc1ccc([N+](=O)[O-])cc1)NCCSc1ccccc1. The maximum Gasteiger partial charge on any atom is 0.269 e. The predicted molar refractivity (Wildman–Crippen MR) is 99.4 cm³/mol. The molecule has 0 fully saturated rings. The predicted octanol–water partition coefficient (Wildman–Crippen LogP) is 3.74. The molecule has 0 bridgehead atoms. The maximum absolute atomic E-state index is 11.8. The quantitative estimate of drug-likeness (QED) is 0.318. The van der Waals surface area contributed by atoms with E-state index in [0.717, 1.165) is 11.3 Å². The van der Waals surface area contributed by atoms with Gasteiger partial charge in [-0.15, -0.1) is 23.5 Å². The molecule has 2 rings (SSSR count). The van der Waals surface area contributed by atoms with Crippen LogP contribution >= 0.6 is 23.5 Å². The second kappa shape index (κ2) is 10.00. The van der Waals surface area contributed by atoms with Crippen molar-refractivity contribution in [1.29, 1.82) is 0 Å². The topological polar surface area (TPSA) is 72.2 Å². The fraction of sp³-hybridized carbons (Fsp3) is 0.235. The van der Waals surface area contributed by atoms with E-state index in [1.54, 1.807) is 23.9 Å². The zero-order valence-electron chi connectivity index (χ0n) is 13.0. The first-order valence-corrected chi connectivity index (χ1v) is 9.55. The van der Waals surface area contributed by atoms with Crippen LogP contribution in [0.3, 0.4) is 0 Å². The lowest BCUT2D eigenvalue weighted by Crippen LogP contribution is -2.27. The van der Waals surface area contributed by atoms with Gasteiger partial charge in [0.1, 0.15) is 0 Å². The number of thioether (sulfide) groups is 2. The molecule has 0 saturated carbocycles. The van der Waals surface area contributed by atoms with Gasteiger partial charge in [0.2, 0.25) is 5.91 Å². The van der Waals surface area contributed by atoms with E-state index < -0.39 is 4.92 Å². The van der Waals surface area contributed by atoms with E-state index in [1.807, 2.05) is 30.3 Å². The van der Waals surface area contributed by atoms with Crippen LogP contribution in [0, 0.1) is 10.1 Å². The summed E-state index contributed by atoms with van der Waals surface area (Å²) in [5, 5.41) is 13.5. The van der Waals surface area contributed by atoms with Gasteiger partial charge in [-0.1, -0.05) is 30.3 Å². The Balaban J connectivity index is 1.58. The Bertz CT molecular complexity index is 663. The Morgan fingerprint density at radius 3 is 2.46 bits per heavy atom. The van der Waals surface area contributed by atoms with Gasteiger partial charge in [-0.25, -0.2) is 0 Å². The van der Waals surface area contributed by atoms with E-state index in [2.05, 4.69) is 5.32 Å². The summed E-state index contributed by atoms with van der Waals surface area (Å²) in [6.07, 6.45) is 0. The molecule has 7 heteroatoms. The molecule has 0 radical (unpaired) electrons. The fourth-order valence-corrected chi connectivity index (χ4v) is 3.51. The normalized spacial score (nSPS) is 10.3. The van der Waals surface area contributed by atoms with Crippen molar-refractivity contribution >= 4 is 35.1 Å². The average Bonchev–Trinajstić information content (AvgIpc) is 2.60. The number of hydrogen-bond donors (Lipinski definition) is 1. The number of amides is 1. The molecule has 0 spiro atoms. The number of non-ortho nitro benzene ring substituents is 1. The number of benzene rings is 2. The summed E-state index contributed by atoms with van der Waals surface area (Å²) in [7, 11) is 0. The van der Waals surface area contributed by atoms with Crippen molar-refractivity contribution in [2.75, 3.05) is 18.1 Å². The molecule has 0 aliphatic rings. The Morgan fingerprint density at radius 1 is 1.08 bits per heavy atom. The summed E-state index contributed by atoms with van der Waals surface area (Å²) in [5.41, 5.74) is 1.05. The van der Waals surface area contributed by atoms with Gasteiger partial charge in [0.05, 0.1) is 10.7 Å². The van der Waals surface area contributed by atoms with Crippen LogP contribution in [-0.4, -0.2) is 28.9 Å². The summed E-state index contributed by atoms with van der Waals surface area (Å²) in [6, 6.07) is 16.5. The van der Waals surface area contributed by atoms with Crippen molar-refractivity contribution in [1.82, 2.24) is 5.32 Å². The van der Waals surface area contributed by atoms with Crippen LogP contribution in [0.15, 0.2) is 59.5 Å². The van der Waals surface area contributed by atoms with Crippen molar-refractivity contribution in [3.05, 3.63) is 70.3 Å². The van der Waals surface area contributed by atoms with Crippen molar-refractivity contribution in [3.8, 4) is 0 Å². The molecule has 2 aromatic rings. The van der Waals surface area contributed by atoms with E-state index in [-0.39, 0.29) is 11.6 Å². The minimum atomic E-state index is -0.419. The highest BCUT2D eigenvalue weighted by Gasteiger charge is 2.05. The number of nitro benzene ring substituents is 1. The van der Waals surface area contributed by atoms with Crippen LogP contribution in [0.1, 0.15) is 5.56 Å². The number of carbonyl (C=O) groups excluding carboxylic acids is 1. The van der Waals surface area contributed by atoms with Gasteiger partial charge in [0.25, 0.3) is 5.69 Å². The Morgan fingerprint density at radius 2 is 1.79 bits per heavy atom. The number of rotatable bonds is 9. The van der Waals surface area contributed by atoms with E-state index in [0.29, 0.717) is 18.1 Å². The van der Waals surface area contributed by atoms with Crippen molar-refractivity contribution in [2.24, 2.45) is 0 Å². The minimum absolute atomic E-state index is 0.00979. The average molecular weight is 362 g/mol. The second-order valence-electron chi connectivity index (χ2n) is 4.93. The van der Waals surface area contributed by atoms with Gasteiger partial charge in [-0.3, -0.25) is 14.9 Å². The molecule has 0 heterocycles. The Kier molecular flexibility index (Phi) is 7.64. The lowest BCUT2D eigenvalue weighted by Gasteiger charge is -2.05. The summed E-state index contributed by atoms with van der Waals surface area (Å²) in [4.78, 5) is 23.1. The standard InChI is InChI=1S/C17H18N2O3S2/c20-17(18-10-11-24-16-4-2-1-3-5-16)13-23-12-14-6-8-15(9-7-14)19(21)22/h1-9H,10-13H2,(H,18,20). The zero-order chi connectivity index (χ0) is 17.2. The molecule has 5 nitrogen and oxygen atoms in total. The summed E-state index contributed by atoms with van der Waals surface area (Å²) in [5.74, 6) is 1.88. The minimum Gasteiger partial charge on any atom is -0.355 e. The van der Waals surface area contributed by atoms with Crippen LogP contribution in [0.4, 0.5) is 5.69 Å². The van der Waals surface area contributed by atoms with Crippen molar-refractivity contribution < 1.29 is 9.72 Å². The third kappa shape index (κ3) is 6.64. The molecule has 0 aromatic heterocycles. The highest BCUT2D eigenvalue weighted by atomic mass is 32.2. The smallest absolute Gasteiger partial charge is 0.269 e. The third-order valence-corrected chi connectivity index (χ3v) is 5.10. The molecular weight excluding hydrogens is 344 g/mol. The monoisotopic (exact) mass is 362 g/mol. The van der Waals surface area contributed by atoms with Gasteiger partial charge in [0.15, 0.2) is 0 Å². The Hall–Kier alpha value is -1.99. The van der Waals surface area contributed by atoms with Crippen LogP contribution in [0.2, 0.25) is 0 Å². The molecular formula is C17H18N2O3S2. The molecule has 24 heavy (non-hydrogen) atoms. The van der Waals surface area contributed by atoms with Gasteiger partial charge in [0, 0.05) is 35.1 Å². The summed E-state index contributed by atoms with van der Waals surface area (Å²) in [6.45, 7) is 0.635. The highest BCUT2D eigenvalue weighted by molar-refractivity contribution is 7.99. The lowest BCUT2D eigenvalue weighted by atomic mass is 10.2. The molecule has 0 unspecified atom stereocenters. The first kappa shape index (κ1) is 18.4. The Labute approximate surface area is 149 Å². The molecule has 1 amide bonds. The molecule has 126 valence electrons. The molecule has 1 N–H and O–H groups in total. The van der Waals surface area contributed by atoms with Crippen LogP contribution in [0.5, 0.6) is 0 Å². The zero-order valence-corrected chi connectivity index (χ0v) is 14.6. The van der Waals surface area contributed by atoms with Crippen molar-refractivity contribution in [3.63, 3.8) is 0 Å². The largest absolute Gasteiger partial charge is 0.355 e. The second-order valence-corrected chi connectivity index (χ2v) is 7.08. The number of nitro groups is 1. The first-order valence-electron chi connectivity index (χ1n) is 7.41. The van der Waals surface area contributed by atoms with E-state index in [4.69, 9.17) is 0 Å². The lowest BCUT2D eigenvalue weighted by molar-refractivity contribution is -0.384. The van der Waals surface area contributed by atoms with Gasteiger partial charge < -0.3 is 5.32 Å². The van der Waals surface area contributed by atoms with Crippen LogP contribution in [0.25, 0.3) is 0 Å².